The molecule has 0 unspecified atom stereocenters. The van der Waals surface area contributed by atoms with E-state index in [0.717, 1.165) is 0 Å². The zero-order valence-electron chi connectivity index (χ0n) is 9.49. The van der Waals surface area contributed by atoms with Crippen LogP contribution in [0.15, 0.2) is 0 Å². The first kappa shape index (κ1) is 12.8. The van der Waals surface area contributed by atoms with Crippen LogP contribution in [-0.2, 0) is 0 Å². The molecule has 0 aliphatic heterocycles. The first-order valence-electron chi connectivity index (χ1n) is 2.85. The van der Waals surface area contributed by atoms with Crippen molar-refractivity contribution in [3.8, 4) is 0 Å². The quantitative estimate of drug-likeness (QED) is 0.470. The molecule has 0 aromatic carbocycles. The minimum absolute atomic E-state index is 0. The van der Waals surface area contributed by atoms with E-state index in [4.69, 9.17) is 0 Å². The van der Waals surface area contributed by atoms with E-state index in [1.807, 2.05) is 0 Å². The standard InChI is InChI=1S/C6H13.Al.K.3H/c1-4-5-6(2)3;;;;;/h4-5H2,1-3H3;;;;;/q;+2;+1;3*-1. The second-order valence-electron chi connectivity index (χ2n) is 2.74. The van der Waals surface area contributed by atoms with Crippen molar-refractivity contribution in [3.05, 3.63) is 0 Å². The predicted octanol–water partition coefficient (Wildman–Crippen LogP) is -0.505. The van der Waals surface area contributed by atoms with Crippen LogP contribution in [0.5, 0.6) is 0 Å². The zero-order chi connectivity index (χ0) is 5.91. The van der Waals surface area contributed by atoms with Gasteiger partial charge in [0.25, 0.3) is 0 Å². The van der Waals surface area contributed by atoms with Gasteiger partial charge < -0.3 is 4.28 Å². The Kier molecular flexibility index (Phi) is 9.48. The van der Waals surface area contributed by atoms with Crippen LogP contribution in [0.2, 0.25) is 4.28 Å². The van der Waals surface area contributed by atoms with Gasteiger partial charge in [0, 0.05) is 0 Å². The molecule has 0 saturated carbocycles. The van der Waals surface area contributed by atoms with Crippen LogP contribution in [0.25, 0.3) is 0 Å². The van der Waals surface area contributed by atoms with Gasteiger partial charge in [-0.15, -0.1) is 0 Å². The normalized spacial score (nSPS) is 10.6. The third kappa shape index (κ3) is 11.0. The molecule has 0 aromatic heterocycles. The van der Waals surface area contributed by atoms with Gasteiger partial charge in [-0.25, -0.2) is 0 Å². The van der Waals surface area contributed by atoms with Gasteiger partial charge >= 0.3 is 106 Å². The molecular formula is C6H16AlK. The van der Waals surface area contributed by atoms with Crippen molar-refractivity contribution in [1.29, 1.82) is 0 Å². The molecule has 0 N–H and O–H groups in total. The van der Waals surface area contributed by atoms with Crippen LogP contribution in [0.3, 0.4) is 0 Å². The largest absolute Gasteiger partial charge is 1.00 e. The second-order valence-corrected chi connectivity index (χ2v) is 4.30. The Balaban J connectivity index is -0.0000000300. The maximum Gasteiger partial charge on any atom is 1.00 e. The number of hydrogen-bond acceptors (Lipinski definition) is 0. The average molecular weight is 154 g/mol. The fourth-order valence-electron chi connectivity index (χ4n) is 0.644. The van der Waals surface area contributed by atoms with Crippen LogP contribution >= 0.6 is 0 Å². The third-order valence-electron chi connectivity index (χ3n) is 0.894. The first-order valence-corrected chi connectivity index (χ1v) is 3.43. The molecule has 8 heavy (non-hydrogen) atoms. The minimum Gasteiger partial charge on any atom is -1.00 e. The smallest absolute Gasteiger partial charge is 1.00 e. The summed E-state index contributed by atoms with van der Waals surface area (Å²) in [4.78, 5) is 0. The molecule has 0 aliphatic rings. The first-order chi connectivity index (χ1) is 3.06. The van der Waals surface area contributed by atoms with E-state index >= 15 is 0 Å². The van der Waals surface area contributed by atoms with E-state index in [9.17, 15) is 0 Å². The summed E-state index contributed by atoms with van der Waals surface area (Å²) >= 11 is 2.84. The molecule has 0 fully saturated rings. The summed E-state index contributed by atoms with van der Waals surface area (Å²) in [6, 6.07) is 0. The Morgan fingerprint density at radius 1 is 1.50 bits per heavy atom. The van der Waals surface area contributed by atoms with Gasteiger partial charge in [-0.05, 0) is 0 Å². The summed E-state index contributed by atoms with van der Waals surface area (Å²) in [5.41, 5.74) is 0. The third-order valence-corrected chi connectivity index (χ3v) is 1.18. The molecule has 0 atom stereocenters. The van der Waals surface area contributed by atoms with Gasteiger partial charge in [-0.3, -0.25) is 0 Å². The summed E-state index contributed by atoms with van der Waals surface area (Å²) in [5.74, 6) is 0. The number of rotatable bonds is 2. The minimum atomic E-state index is 0. The molecule has 2 heteroatoms. The molecule has 0 aliphatic carbocycles. The monoisotopic (exact) mass is 154 g/mol. The fourth-order valence-corrected chi connectivity index (χ4v) is 0.933. The van der Waals surface area contributed by atoms with Crippen molar-refractivity contribution >= 4 is 16.3 Å². The summed E-state index contributed by atoms with van der Waals surface area (Å²) < 4.78 is 0.467. The van der Waals surface area contributed by atoms with Crippen molar-refractivity contribution in [2.24, 2.45) is 0 Å². The van der Waals surface area contributed by atoms with Crippen LogP contribution in [0, 0.1) is 0 Å². The Labute approximate surface area is 108 Å². The zero-order valence-corrected chi connectivity index (χ0v) is 10.8. The Hall–Kier alpha value is 2.17. The Morgan fingerprint density at radius 2 is 1.88 bits per heavy atom. The van der Waals surface area contributed by atoms with Gasteiger partial charge in [0.2, 0.25) is 0 Å². The van der Waals surface area contributed by atoms with E-state index in [1.165, 1.54) is 12.8 Å². The molecule has 0 rings (SSSR count). The molecular weight excluding hydrogens is 138 g/mol. The fraction of sp³-hybridized carbons (Fsp3) is 1.00. The van der Waals surface area contributed by atoms with Gasteiger partial charge in [-0.2, -0.15) is 0 Å². The second kappa shape index (κ2) is 5.92. The molecule has 0 bridgehead atoms. The topological polar surface area (TPSA) is 0 Å². The van der Waals surface area contributed by atoms with Crippen molar-refractivity contribution in [2.75, 3.05) is 0 Å². The van der Waals surface area contributed by atoms with E-state index in [-0.39, 0.29) is 55.7 Å². The van der Waals surface area contributed by atoms with Crippen molar-refractivity contribution in [2.45, 2.75) is 37.9 Å². The van der Waals surface area contributed by atoms with Crippen molar-refractivity contribution < 1.29 is 55.7 Å². The van der Waals surface area contributed by atoms with Gasteiger partial charge in [0.1, 0.15) is 0 Å². The van der Waals surface area contributed by atoms with Gasteiger partial charge in [0.05, 0.1) is 0 Å². The average Bonchev–Trinajstić information content (AvgIpc) is 1.30. The van der Waals surface area contributed by atoms with Gasteiger partial charge in [-0.1, -0.05) is 0 Å². The van der Waals surface area contributed by atoms with E-state index in [0.29, 0.717) is 4.28 Å². The maximum absolute atomic E-state index is 2.84. The van der Waals surface area contributed by atoms with E-state index in [2.05, 4.69) is 37.1 Å². The summed E-state index contributed by atoms with van der Waals surface area (Å²) in [5, 5.41) is 0. The maximum atomic E-state index is 2.84. The molecule has 0 radical (unpaired) electrons. The van der Waals surface area contributed by atoms with Crippen molar-refractivity contribution in [1.82, 2.24) is 0 Å². The molecule has 0 amide bonds. The molecule has 0 heterocycles. The van der Waals surface area contributed by atoms with Crippen LogP contribution in [0.4, 0.5) is 0 Å². The molecule has 0 aromatic rings. The van der Waals surface area contributed by atoms with Crippen LogP contribution in [0.1, 0.15) is 37.9 Å². The van der Waals surface area contributed by atoms with E-state index < -0.39 is 0 Å². The molecule has 0 saturated heterocycles. The molecule has 44 valence electrons. The van der Waals surface area contributed by atoms with E-state index in [1.54, 1.807) is 0 Å². The predicted molar refractivity (Wildman–Crippen MR) is 38.0 cm³/mol. The Bertz CT molecular complexity index is 56.3. The summed E-state index contributed by atoms with van der Waals surface area (Å²) in [6.45, 7) is 6.69. The van der Waals surface area contributed by atoms with Crippen molar-refractivity contribution in [3.63, 3.8) is 0 Å². The number of hydrogen-bond donors (Lipinski definition) is 0. The molecule has 0 spiro atoms. The summed E-state index contributed by atoms with van der Waals surface area (Å²) in [7, 11) is 0. The molecule has 0 nitrogen and oxygen atoms in total. The Morgan fingerprint density at radius 3 is 1.88 bits per heavy atom. The SMILES string of the molecule is CCC[C](C)(C)[Al+2].[H-].[H-].[H-].[K+]. The van der Waals surface area contributed by atoms with Crippen LogP contribution in [-0.4, -0.2) is 16.3 Å². The van der Waals surface area contributed by atoms with Gasteiger partial charge in [0.15, 0.2) is 0 Å². The van der Waals surface area contributed by atoms with Crippen LogP contribution < -0.4 is 51.4 Å². The summed E-state index contributed by atoms with van der Waals surface area (Å²) in [6.07, 6.45) is 2.59.